The molecule has 0 aliphatic carbocycles. The number of benzene rings is 3. The smallest absolute Gasteiger partial charge is 0.344 e. The van der Waals surface area contributed by atoms with Gasteiger partial charge in [0.05, 0.1) is 16.8 Å². The summed E-state index contributed by atoms with van der Waals surface area (Å²) in [6.07, 6.45) is 3.65. The van der Waals surface area contributed by atoms with Gasteiger partial charge in [-0.15, -0.1) is 0 Å². The number of aromatic nitrogens is 2. The number of hydrogen-bond donors (Lipinski definition) is 0. The molecule has 4 rings (SSSR count). The molecule has 3 aromatic carbocycles. The lowest BCUT2D eigenvalue weighted by molar-refractivity contribution is -0.154. The Morgan fingerprint density at radius 1 is 0.923 bits per heavy atom. The van der Waals surface area contributed by atoms with Crippen molar-refractivity contribution in [1.82, 2.24) is 9.55 Å². The lowest BCUT2D eigenvalue weighted by Crippen LogP contribution is -2.39. The number of Topliss-reactive ketones (excluding diaryl/α,β-unsaturated/α-hetero) is 1. The van der Waals surface area contributed by atoms with Crippen molar-refractivity contribution in [1.29, 1.82) is 0 Å². The predicted octanol–water partition coefficient (Wildman–Crippen LogP) is 7.31. The van der Waals surface area contributed by atoms with Crippen molar-refractivity contribution in [2.45, 2.75) is 20.1 Å². The molecule has 39 heavy (non-hydrogen) atoms. The molecular formula is C29H25Cl3N2O5. The van der Waals surface area contributed by atoms with Crippen LogP contribution in [0, 0.1) is 5.41 Å². The lowest BCUT2D eigenvalue weighted by Gasteiger charge is -2.28. The minimum atomic E-state index is -1.09. The molecule has 0 amide bonds. The number of imidazole rings is 1. The topological polar surface area (TPSA) is 79.6 Å². The van der Waals surface area contributed by atoms with Crippen LogP contribution in [0.3, 0.4) is 0 Å². The number of hydrogen-bond acceptors (Lipinski definition) is 6. The number of halogens is 3. The van der Waals surface area contributed by atoms with Crippen molar-refractivity contribution in [3.63, 3.8) is 0 Å². The molecule has 0 radical (unpaired) electrons. The summed E-state index contributed by atoms with van der Waals surface area (Å²) in [5, 5.41) is 1.38. The number of ether oxygens (including phenoxy) is 3. The van der Waals surface area contributed by atoms with E-state index in [1.54, 1.807) is 55.1 Å². The number of rotatable bonds is 11. The highest BCUT2D eigenvalue weighted by atomic mass is 35.5. The van der Waals surface area contributed by atoms with Gasteiger partial charge in [0.25, 0.3) is 0 Å². The zero-order valence-corrected chi connectivity index (χ0v) is 23.4. The third kappa shape index (κ3) is 7.53. The van der Waals surface area contributed by atoms with E-state index in [1.165, 1.54) is 12.4 Å². The fourth-order valence-corrected chi connectivity index (χ4v) is 4.18. The molecule has 0 N–H and O–H groups in total. The van der Waals surface area contributed by atoms with Crippen molar-refractivity contribution < 1.29 is 23.8 Å². The third-order valence-electron chi connectivity index (χ3n) is 5.80. The van der Waals surface area contributed by atoms with E-state index in [2.05, 4.69) is 4.98 Å². The van der Waals surface area contributed by atoms with Gasteiger partial charge in [0.15, 0.2) is 6.61 Å². The normalized spacial score (nSPS) is 12.0. The van der Waals surface area contributed by atoms with Crippen LogP contribution in [0.25, 0.3) is 11.1 Å². The fourth-order valence-electron chi connectivity index (χ4n) is 3.59. The maximum atomic E-state index is 13.6. The first-order valence-corrected chi connectivity index (χ1v) is 13.0. The maximum absolute atomic E-state index is 13.6. The molecule has 0 saturated carbocycles. The molecule has 202 valence electrons. The average Bonchev–Trinajstić information content (AvgIpc) is 3.45. The number of nitrogens with zero attached hydrogens (tertiary/aromatic N) is 2. The Kier molecular flexibility index (Phi) is 9.17. The highest BCUT2D eigenvalue weighted by Crippen LogP contribution is 2.30. The van der Waals surface area contributed by atoms with Crippen LogP contribution in [0.15, 0.2) is 85.5 Å². The second-order valence-corrected chi connectivity index (χ2v) is 10.6. The van der Waals surface area contributed by atoms with Gasteiger partial charge in [0.2, 0.25) is 12.0 Å². The second kappa shape index (κ2) is 12.6. The van der Waals surface area contributed by atoms with Gasteiger partial charge in [0.1, 0.15) is 18.1 Å². The Morgan fingerprint density at radius 3 is 2.18 bits per heavy atom. The van der Waals surface area contributed by atoms with Crippen LogP contribution in [0.1, 0.15) is 20.1 Å². The molecule has 0 aliphatic rings. The standard InChI is InChI=1S/C29H25Cl3N2O5/c1-29(2,17-38-26(35)16-37-25-12-9-22(31)15-24(25)32)27(36)28(34-14-13-33-18-34)39-23-10-5-20(6-11-23)19-3-7-21(30)8-4-19/h3-15,18,28H,16-17H2,1-2H3. The molecular weight excluding hydrogens is 563 g/mol. The maximum Gasteiger partial charge on any atom is 0.344 e. The molecule has 4 aromatic rings. The first-order valence-electron chi connectivity index (χ1n) is 11.9. The van der Waals surface area contributed by atoms with Gasteiger partial charge >= 0.3 is 5.97 Å². The van der Waals surface area contributed by atoms with Crippen LogP contribution < -0.4 is 9.47 Å². The third-order valence-corrected chi connectivity index (χ3v) is 6.58. The average molecular weight is 588 g/mol. The monoisotopic (exact) mass is 586 g/mol. The summed E-state index contributed by atoms with van der Waals surface area (Å²) in [5.74, 6) is -0.179. The SMILES string of the molecule is CC(C)(COC(=O)COc1ccc(Cl)cc1Cl)C(=O)C(Oc1ccc(-c2ccc(Cl)cc2)cc1)n1ccnc1. The molecule has 1 atom stereocenters. The van der Waals surface area contributed by atoms with Gasteiger partial charge in [0, 0.05) is 22.4 Å². The summed E-state index contributed by atoms with van der Waals surface area (Å²) in [6, 6.07) is 19.5. The summed E-state index contributed by atoms with van der Waals surface area (Å²) in [5.41, 5.74) is 0.878. The quantitative estimate of drug-likeness (QED) is 0.171. The van der Waals surface area contributed by atoms with E-state index >= 15 is 0 Å². The molecule has 1 heterocycles. The van der Waals surface area contributed by atoms with Gasteiger partial charge in [-0.1, -0.05) is 59.1 Å². The van der Waals surface area contributed by atoms with E-state index in [1.807, 2.05) is 36.4 Å². The van der Waals surface area contributed by atoms with Gasteiger partial charge in [-0.05, 0) is 67.4 Å². The van der Waals surface area contributed by atoms with Crippen molar-refractivity contribution in [2.75, 3.05) is 13.2 Å². The summed E-state index contributed by atoms with van der Waals surface area (Å²) < 4.78 is 18.5. The molecule has 0 bridgehead atoms. The minimum absolute atomic E-state index is 0.188. The number of esters is 1. The van der Waals surface area contributed by atoms with Crippen molar-refractivity contribution >= 4 is 46.6 Å². The fraction of sp³-hybridized carbons (Fsp3) is 0.207. The number of carbonyl (C=O) groups excluding carboxylic acids is 2. The Balaban J connectivity index is 1.40. The van der Waals surface area contributed by atoms with E-state index in [0.29, 0.717) is 21.5 Å². The highest BCUT2D eigenvalue weighted by Gasteiger charge is 2.37. The van der Waals surface area contributed by atoms with Crippen molar-refractivity contribution in [2.24, 2.45) is 5.41 Å². The molecule has 0 saturated heterocycles. The molecule has 0 spiro atoms. The van der Waals surface area contributed by atoms with Crippen LogP contribution in [0.4, 0.5) is 0 Å². The Labute approximate surface area is 241 Å². The van der Waals surface area contributed by atoms with Crippen molar-refractivity contribution in [3.8, 4) is 22.6 Å². The molecule has 1 unspecified atom stereocenters. The summed E-state index contributed by atoms with van der Waals surface area (Å²) >= 11 is 17.9. The van der Waals surface area contributed by atoms with Gasteiger partial charge in [-0.2, -0.15) is 0 Å². The van der Waals surface area contributed by atoms with Crippen LogP contribution in [-0.4, -0.2) is 34.5 Å². The van der Waals surface area contributed by atoms with Crippen LogP contribution in [0.2, 0.25) is 15.1 Å². The van der Waals surface area contributed by atoms with E-state index in [-0.39, 0.29) is 24.0 Å². The Morgan fingerprint density at radius 2 is 1.56 bits per heavy atom. The van der Waals surface area contributed by atoms with E-state index in [9.17, 15) is 9.59 Å². The largest absolute Gasteiger partial charge is 0.480 e. The molecule has 1 aromatic heterocycles. The van der Waals surface area contributed by atoms with Crippen LogP contribution in [0.5, 0.6) is 11.5 Å². The minimum Gasteiger partial charge on any atom is -0.480 e. The zero-order valence-electron chi connectivity index (χ0n) is 21.1. The summed E-state index contributed by atoms with van der Waals surface area (Å²) in [7, 11) is 0. The molecule has 10 heteroatoms. The molecule has 7 nitrogen and oxygen atoms in total. The Bertz CT molecular complexity index is 1420. The number of ketones is 1. The van der Waals surface area contributed by atoms with E-state index in [4.69, 9.17) is 49.0 Å². The Hall–Kier alpha value is -3.52. The van der Waals surface area contributed by atoms with Gasteiger partial charge < -0.3 is 14.2 Å². The van der Waals surface area contributed by atoms with Gasteiger partial charge in [-0.25, -0.2) is 9.78 Å². The number of carbonyl (C=O) groups is 2. The molecule has 0 aliphatic heterocycles. The zero-order chi connectivity index (χ0) is 28.0. The lowest BCUT2D eigenvalue weighted by atomic mass is 9.88. The van der Waals surface area contributed by atoms with Crippen molar-refractivity contribution in [3.05, 3.63) is 101 Å². The second-order valence-electron chi connectivity index (χ2n) is 9.28. The summed E-state index contributed by atoms with van der Waals surface area (Å²) in [6.45, 7) is 2.78. The van der Waals surface area contributed by atoms with Crippen LogP contribution in [-0.2, 0) is 14.3 Å². The van der Waals surface area contributed by atoms with Gasteiger partial charge in [-0.3, -0.25) is 9.36 Å². The predicted molar refractivity (Wildman–Crippen MR) is 150 cm³/mol. The highest BCUT2D eigenvalue weighted by molar-refractivity contribution is 6.35. The van der Waals surface area contributed by atoms with Crippen LogP contribution >= 0.6 is 34.8 Å². The first kappa shape index (κ1) is 28.5. The van der Waals surface area contributed by atoms with E-state index < -0.39 is 17.6 Å². The van der Waals surface area contributed by atoms with E-state index in [0.717, 1.165) is 11.1 Å². The molecule has 0 fully saturated rings. The first-order chi connectivity index (χ1) is 18.6. The summed E-state index contributed by atoms with van der Waals surface area (Å²) in [4.78, 5) is 30.0.